The third kappa shape index (κ3) is 5.10. The molecule has 6 nitrogen and oxygen atoms in total. The van der Waals surface area contributed by atoms with Crippen molar-refractivity contribution in [2.45, 2.75) is 18.8 Å². The molecule has 0 unspecified atom stereocenters. The number of nitrogens with one attached hydrogen (secondary N) is 1. The van der Waals surface area contributed by atoms with Crippen molar-refractivity contribution >= 4 is 17.6 Å². The van der Waals surface area contributed by atoms with Crippen LogP contribution in [0.1, 0.15) is 24.3 Å². The number of carbonyl (C=O) groups excluding carboxylic acids is 1. The number of aliphatic carboxylic acids is 1. The predicted molar refractivity (Wildman–Crippen MR) is 85.5 cm³/mol. The molecule has 0 spiro atoms. The van der Waals surface area contributed by atoms with E-state index in [1.54, 1.807) is 49.7 Å². The van der Waals surface area contributed by atoms with Crippen LogP contribution in [0.2, 0.25) is 0 Å². The summed E-state index contributed by atoms with van der Waals surface area (Å²) in [6.07, 6.45) is 3.11. The van der Waals surface area contributed by atoms with E-state index in [0.29, 0.717) is 11.4 Å². The van der Waals surface area contributed by atoms with Gasteiger partial charge in [-0.25, -0.2) is 0 Å². The maximum absolute atomic E-state index is 12.1. The lowest BCUT2D eigenvalue weighted by atomic mass is 9.92. The van der Waals surface area contributed by atoms with Gasteiger partial charge in [-0.1, -0.05) is 12.1 Å². The Morgan fingerprint density at radius 3 is 2.52 bits per heavy atom. The van der Waals surface area contributed by atoms with Gasteiger partial charge in [0.15, 0.2) is 0 Å². The summed E-state index contributed by atoms with van der Waals surface area (Å²) in [5.74, 6) is -0.919. The van der Waals surface area contributed by atoms with Crippen molar-refractivity contribution in [3.63, 3.8) is 0 Å². The number of hydrogen-bond donors (Lipinski definition) is 2. The number of anilines is 1. The van der Waals surface area contributed by atoms with Crippen molar-refractivity contribution in [2.75, 3.05) is 12.4 Å². The number of benzene rings is 1. The van der Waals surface area contributed by atoms with Crippen molar-refractivity contribution in [2.24, 2.45) is 0 Å². The summed E-state index contributed by atoms with van der Waals surface area (Å²) in [4.78, 5) is 27.1. The van der Waals surface area contributed by atoms with Crippen LogP contribution in [0.3, 0.4) is 0 Å². The lowest BCUT2D eigenvalue weighted by Crippen LogP contribution is -2.17. The zero-order valence-corrected chi connectivity index (χ0v) is 12.7. The van der Waals surface area contributed by atoms with E-state index in [9.17, 15) is 9.59 Å². The molecule has 6 heteroatoms. The molecule has 1 heterocycles. The van der Waals surface area contributed by atoms with Crippen LogP contribution in [-0.2, 0) is 9.59 Å². The summed E-state index contributed by atoms with van der Waals surface area (Å²) in [5.41, 5.74) is 1.37. The Kier molecular flexibility index (Phi) is 5.68. The molecule has 0 saturated heterocycles. The van der Waals surface area contributed by atoms with Gasteiger partial charge in [-0.05, 0) is 29.8 Å². The number of carboxylic acids is 1. The number of rotatable bonds is 7. The largest absolute Gasteiger partial charge is 0.497 e. The Hall–Kier alpha value is -2.89. The van der Waals surface area contributed by atoms with E-state index < -0.39 is 11.9 Å². The van der Waals surface area contributed by atoms with E-state index in [0.717, 1.165) is 5.56 Å². The van der Waals surface area contributed by atoms with Gasteiger partial charge in [-0.15, -0.1) is 0 Å². The fourth-order valence-corrected chi connectivity index (χ4v) is 2.27. The first-order valence-electron chi connectivity index (χ1n) is 7.14. The summed E-state index contributed by atoms with van der Waals surface area (Å²) in [6, 6.07) is 10.5. The first kappa shape index (κ1) is 16.5. The van der Waals surface area contributed by atoms with E-state index >= 15 is 0 Å². The molecule has 0 aliphatic carbocycles. The van der Waals surface area contributed by atoms with Crippen LogP contribution >= 0.6 is 0 Å². The van der Waals surface area contributed by atoms with Crippen molar-refractivity contribution in [3.05, 3.63) is 54.4 Å². The van der Waals surface area contributed by atoms with E-state index in [4.69, 9.17) is 9.84 Å². The molecule has 0 aliphatic rings. The van der Waals surface area contributed by atoms with Gasteiger partial charge in [0.05, 0.1) is 25.4 Å². The third-order valence-electron chi connectivity index (χ3n) is 3.39. The maximum Gasteiger partial charge on any atom is 0.303 e. The third-order valence-corrected chi connectivity index (χ3v) is 3.39. The molecule has 1 aromatic carbocycles. The number of methoxy groups -OCH3 is 1. The Bertz CT molecular complexity index is 656. The Morgan fingerprint density at radius 2 is 1.96 bits per heavy atom. The number of carbonyl (C=O) groups is 2. The average Bonchev–Trinajstić information content (AvgIpc) is 2.55. The second kappa shape index (κ2) is 7.93. The molecule has 0 fully saturated rings. The molecule has 0 saturated carbocycles. The van der Waals surface area contributed by atoms with Gasteiger partial charge in [-0.2, -0.15) is 0 Å². The van der Waals surface area contributed by atoms with Crippen molar-refractivity contribution in [1.82, 2.24) is 4.98 Å². The van der Waals surface area contributed by atoms with E-state index in [1.165, 1.54) is 6.20 Å². The van der Waals surface area contributed by atoms with Crippen LogP contribution in [0, 0.1) is 0 Å². The molecule has 1 aromatic heterocycles. The van der Waals surface area contributed by atoms with E-state index in [-0.39, 0.29) is 18.7 Å². The lowest BCUT2D eigenvalue weighted by Gasteiger charge is -2.15. The van der Waals surface area contributed by atoms with Gasteiger partial charge in [-0.3, -0.25) is 14.6 Å². The number of hydrogen-bond acceptors (Lipinski definition) is 4. The molecule has 2 rings (SSSR count). The number of amides is 1. The highest BCUT2D eigenvalue weighted by molar-refractivity contribution is 5.91. The number of ether oxygens (including phenoxy) is 1. The van der Waals surface area contributed by atoms with Crippen LogP contribution < -0.4 is 10.1 Å². The quantitative estimate of drug-likeness (QED) is 0.820. The highest BCUT2D eigenvalue weighted by atomic mass is 16.5. The Morgan fingerprint density at radius 1 is 1.22 bits per heavy atom. The van der Waals surface area contributed by atoms with Gasteiger partial charge < -0.3 is 15.2 Å². The summed E-state index contributed by atoms with van der Waals surface area (Å²) < 4.78 is 5.09. The summed E-state index contributed by atoms with van der Waals surface area (Å²) >= 11 is 0. The number of aromatic nitrogens is 1. The van der Waals surface area contributed by atoms with E-state index in [2.05, 4.69) is 10.3 Å². The van der Waals surface area contributed by atoms with Crippen LogP contribution in [-0.4, -0.2) is 29.1 Å². The first-order valence-corrected chi connectivity index (χ1v) is 7.14. The van der Waals surface area contributed by atoms with Gasteiger partial charge in [0, 0.05) is 18.5 Å². The Labute approximate surface area is 134 Å². The SMILES string of the molecule is COc1ccc([C@H](CC(=O)O)CC(=O)Nc2cccnc2)cc1. The summed E-state index contributed by atoms with van der Waals surface area (Å²) in [7, 11) is 1.56. The minimum atomic E-state index is -0.944. The normalized spacial score (nSPS) is 11.5. The standard InChI is InChI=1S/C17H18N2O4/c1-23-15-6-4-12(5-7-15)13(10-17(21)22)9-16(20)19-14-3-2-8-18-11-14/h2-8,11,13H,9-10H2,1H3,(H,19,20)(H,21,22)/t13-/m0/s1. The monoisotopic (exact) mass is 314 g/mol. The molecule has 0 radical (unpaired) electrons. The zero-order valence-electron chi connectivity index (χ0n) is 12.7. The number of nitrogens with zero attached hydrogens (tertiary/aromatic N) is 1. The lowest BCUT2D eigenvalue weighted by molar-refractivity contribution is -0.137. The van der Waals surface area contributed by atoms with Gasteiger partial charge in [0.25, 0.3) is 0 Å². The second-order valence-electron chi connectivity index (χ2n) is 5.06. The molecule has 1 amide bonds. The summed E-state index contributed by atoms with van der Waals surface area (Å²) in [5, 5.41) is 11.8. The second-order valence-corrected chi connectivity index (χ2v) is 5.06. The average molecular weight is 314 g/mol. The molecular weight excluding hydrogens is 296 g/mol. The van der Waals surface area contributed by atoms with Crippen molar-refractivity contribution in [3.8, 4) is 5.75 Å². The molecule has 0 aliphatic heterocycles. The van der Waals surface area contributed by atoms with Gasteiger partial charge in [0.2, 0.25) is 5.91 Å². The van der Waals surface area contributed by atoms with Crippen molar-refractivity contribution < 1.29 is 19.4 Å². The number of pyridine rings is 1. The number of carboxylic acid groups (broad SMARTS) is 1. The zero-order chi connectivity index (χ0) is 16.7. The van der Waals surface area contributed by atoms with Crippen LogP contribution in [0.4, 0.5) is 5.69 Å². The first-order chi connectivity index (χ1) is 11.1. The molecule has 0 bridgehead atoms. The molecule has 1 atom stereocenters. The molecule has 120 valence electrons. The topological polar surface area (TPSA) is 88.5 Å². The molecule has 2 aromatic rings. The predicted octanol–water partition coefficient (Wildman–Crippen LogP) is 2.68. The fourth-order valence-electron chi connectivity index (χ4n) is 2.27. The van der Waals surface area contributed by atoms with Crippen LogP contribution in [0.5, 0.6) is 5.75 Å². The Balaban J connectivity index is 2.08. The van der Waals surface area contributed by atoms with Crippen LogP contribution in [0.15, 0.2) is 48.8 Å². The highest BCUT2D eigenvalue weighted by Crippen LogP contribution is 2.26. The summed E-state index contributed by atoms with van der Waals surface area (Å²) in [6.45, 7) is 0. The van der Waals surface area contributed by atoms with E-state index in [1.807, 2.05) is 0 Å². The smallest absolute Gasteiger partial charge is 0.303 e. The van der Waals surface area contributed by atoms with Crippen molar-refractivity contribution in [1.29, 1.82) is 0 Å². The minimum absolute atomic E-state index is 0.0769. The van der Waals surface area contributed by atoms with Crippen LogP contribution in [0.25, 0.3) is 0 Å². The molecular formula is C17H18N2O4. The molecule has 2 N–H and O–H groups in total. The highest BCUT2D eigenvalue weighted by Gasteiger charge is 2.19. The fraction of sp³-hybridized carbons (Fsp3) is 0.235. The van der Waals surface area contributed by atoms with Gasteiger partial charge in [0.1, 0.15) is 5.75 Å². The maximum atomic E-state index is 12.1. The van der Waals surface area contributed by atoms with Gasteiger partial charge >= 0.3 is 5.97 Å². The minimum Gasteiger partial charge on any atom is -0.497 e. The molecule has 23 heavy (non-hydrogen) atoms.